The highest BCUT2D eigenvalue weighted by Crippen LogP contribution is 2.35. The predicted octanol–water partition coefficient (Wildman–Crippen LogP) is 2.69. The second-order valence-corrected chi connectivity index (χ2v) is 4.79. The number of nitrogens with two attached hydrogens (primary N) is 1. The minimum atomic E-state index is 0.559. The minimum absolute atomic E-state index is 0.559. The summed E-state index contributed by atoms with van der Waals surface area (Å²) in [5, 5.41) is 4.15. The Balaban J connectivity index is 2.61. The Labute approximate surface area is 91.1 Å². The maximum Gasteiger partial charge on any atom is 0.154 e. The molecule has 0 aliphatic heterocycles. The molecule has 3 nitrogen and oxygen atoms in total. The average Bonchev–Trinajstić information content (AvgIpc) is 2.60. The smallest absolute Gasteiger partial charge is 0.154 e. The van der Waals surface area contributed by atoms with Crippen LogP contribution in [0.4, 0.5) is 5.82 Å². The van der Waals surface area contributed by atoms with Gasteiger partial charge in [0.2, 0.25) is 0 Å². The Morgan fingerprint density at radius 2 is 2.21 bits per heavy atom. The lowest BCUT2D eigenvalue weighted by Crippen LogP contribution is -1.93. The number of aromatic nitrogens is 2. The summed E-state index contributed by atoms with van der Waals surface area (Å²) in [5.74, 6) is 0.559. The van der Waals surface area contributed by atoms with Crippen LogP contribution >= 0.6 is 22.9 Å². The third kappa shape index (κ3) is 1.40. The van der Waals surface area contributed by atoms with Crippen LogP contribution in [0.25, 0.3) is 10.4 Å². The first-order chi connectivity index (χ1) is 6.59. The maximum atomic E-state index is 5.87. The lowest BCUT2D eigenvalue weighted by molar-refractivity contribution is 0.744. The van der Waals surface area contributed by atoms with Gasteiger partial charge in [-0.3, -0.25) is 4.68 Å². The number of nitrogen functional groups attached to an aromatic ring is 1. The summed E-state index contributed by atoms with van der Waals surface area (Å²) in [5.41, 5.74) is 7.86. The highest BCUT2D eigenvalue weighted by molar-refractivity contribution is 7.19. The Bertz CT molecular complexity index is 472. The number of nitrogens with zero attached hydrogens (tertiary/aromatic N) is 2. The number of aryl methyl sites for hydroxylation is 1. The number of thiophene rings is 1. The Kier molecular flexibility index (Phi) is 2.25. The third-order valence-corrected chi connectivity index (χ3v) is 3.43. The van der Waals surface area contributed by atoms with Gasteiger partial charge < -0.3 is 5.73 Å². The summed E-state index contributed by atoms with van der Waals surface area (Å²) in [6, 6.07) is 3.83. The van der Waals surface area contributed by atoms with Crippen LogP contribution in [0.15, 0.2) is 12.1 Å². The van der Waals surface area contributed by atoms with Gasteiger partial charge in [0.25, 0.3) is 0 Å². The Morgan fingerprint density at radius 3 is 2.64 bits per heavy atom. The van der Waals surface area contributed by atoms with Crippen molar-refractivity contribution in [2.45, 2.75) is 6.92 Å². The molecule has 2 rings (SSSR count). The van der Waals surface area contributed by atoms with E-state index in [1.54, 1.807) is 4.68 Å². The summed E-state index contributed by atoms with van der Waals surface area (Å²) < 4.78 is 2.54. The van der Waals surface area contributed by atoms with E-state index in [2.05, 4.69) is 5.10 Å². The van der Waals surface area contributed by atoms with Crippen molar-refractivity contribution in [2.24, 2.45) is 7.05 Å². The molecule has 0 radical (unpaired) electrons. The molecule has 0 fully saturated rings. The van der Waals surface area contributed by atoms with Gasteiger partial charge in [0, 0.05) is 17.6 Å². The minimum Gasteiger partial charge on any atom is -0.382 e. The third-order valence-electron chi connectivity index (χ3n) is 2.18. The molecule has 2 N–H and O–H groups in total. The molecule has 0 unspecified atom stereocenters. The molecule has 2 aromatic rings. The molecule has 0 aromatic carbocycles. The molecule has 0 bridgehead atoms. The first-order valence-corrected chi connectivity index (χ1v) is 5.34. The predicted molar refractivity (Wildman–Crippen MR) is 60.7 cm³/mol. The van der Waals surface area contributed by atoms with Crippen molar-refractivity contribution in [2.75, 3.05) is 5.73 Å². The van der Waals surface area contributed by atoms with Crippen LogP contribution in [0.5, 0.6) is 0 Å². The molecule has 0 amide bonds. The number of halogens is 1. The fourth-order valence-electron chi connectivity index (χ4n) is 1.39. The van der Waals surface area contributed by atoms with Crippen LogP contribution in [-0.2, 0) is 7.05 Å². The van der Waals surface area contributed by atoms with E-state index in [4.69, 9.17) is 17.3 Å². The van der Waals surface area contributed by atoms with Crippen molar-refractivity contribution in [3.05, 3.63) is 22.2 Å². The van der Waals surface area contributed by atoms with Gasteiger partial charge in [-0.05, 0) is 19.1 Å². The van der Waals surface area contributed by atoms with Crippen molar-refractivity contribution < 1.29 is 0 Å². The summed E-state index contributed by atoms with van der Waals surface area (Å²) >= 11 is 7.39. The van der Waals surface area contributed by atoms with Crippen LogP contribution in [0.2, 0.25) is 4.34 Å². The quantitative estimate of drug-likeness (QED) is 0.814. The highest BCUT2D eigenvalue weighted by Gasteiger charge is 2.13. The number of hydrogen-bond acceptors (Lipinski definition) is 3. The zero-order valence-corrected chi connectivity index (χ0v) is 9.49. The van der Waals surface area contributed by atoms with Crippen LogP contribution in [0.1, 0.15) is 5.69 Å². The van der Waals surface area contributed by atoms with Crippen molar-refractivity contribution >= 4 is 28.8 Å². The molecule has 0 aliphatic carbocycles. The molecule has 5 heteroatoms. The van der Waals surface area contributed by atoms with Gasteiger partial charge in [0.15, 0.2) is 5.82 Å². The molecule has 0 aliphatic rings. The van der Waals surface area contributed by atoms with E-state index in [9.17, 15) is 0 Å². The van der Waals surface area contributed by atoms with Crippen LogP contribution in [-0.4, -0.2) is 9.78 Å². The van der Waals surface area contributed by atoms with Crippen LogP contribution < -0.4 is 5.73 Å². The molecule has 2 heterocycles. The van der Waals surface area contributed by atoms with Gasteiger partial charge in [0.05, 0.1) is 9.90 Å². The fraction of sp³-hybridized carbons (Fsp3) is 0.222. The fourth-order valence-corrected chi connectivity index (χ4v) is 2.54. The molecule has 2 aromatic heterocycles. The zero-order chi connectivity index (χ0) is 10.3. The summed E-state index contributed by atoms with van der Waals surface area (Å²) in [6.45, 7) is 1.99. The zero-order valence-electron chi connectivity index (χ0n) is 7.91. The second kappa shape index (κ2) is 3.29. The van der Waals surface area contributed by atoms with E-state index >= 15 is 0 Å². The summed E-state index contributed by atoms with van der Waals surface area (Å²) in [7, 11) is 1.88. The number of rotatable bonds is 1. The van der Waals surface area contributed by atoms with Gasteiger partial charge in [-0.15, -0.1) is 11.3 Å². The van der Waals surface area contributed by atoms with Gasteiger partial charge in [-0.2, -0.15) is 5.10 Å². The van der Waals surface area contributed by atoms with Gasteiger partial charge in [0.1, 0.15) is 0 Å². The molecular weight excluding hydrogens is 218 g/mol. The first kappa shape index (κ1) is 9.55. The monoisotopic (exact) mass is 227 g/mol. The van der Waals surface area contributed by atoms with E-state index < -0.39 is 0 Å². The maximum absolute atomic E-state index is 5.87. The topological polar surface area (TPSA) is 43.8 Å². The second-order valence-electron chi connectivity index (χ2n) is 3.07. The van der Waals surface area contributed by atoms with E-state index in [1.807, 2.05) is 26.1 Å². The van der Waals surface area contributed by atoms with Crippen molar-refractivity contribution in [3.8, 4) is 10.4 Å². The molecule has 74 valence electrons. The van der Waals surface area contributed by atoms with E-state index in [0.29, 0.717) is 5.82 Å². The van der Waals surface area contributed by atoms with Crippen LogP contribution in [0, 0.1) is 6.92 Å². The average molecular weight is 228 g/mol. The lowest BCUT2D eigenvalue weighted by atomic mass is 10.2. The van der Waals surface area contributed by atoms with Crippen molar-refractivity contribution in [1.29, 1.82) is 0 Å². The van der Waals surface area contributed by atoms with Crippen molar-refractivity contribution in [3.63, 3.8) is 0 Å². The van der Waals surface area contributed by atoms with Crippen LogP contribution in [0.3, 0.4) is 0 Å². The molecule has 0 atom stereocenters. The Hall–Kier alpha value is -1.00. The standard InChI is InChI=1S/C9H10ClN3S/c1-5-8(9(11)12-13(5)2)6-3-4-7(10)14-6/h3-4H,1-2H3,(H2,11,12). The summed E-state index contributed by atoms with van der Waals surface area (Å²) in [6.07, 6.45) is 0. The lowest BCUT2D eigenvalue weighted by Gasteiger charge is -1.96. The molecule has 0 saturated carbocycles. The number of hydrogen-bond donors (Lipinski definition) is 1. The van der Waals surface area contributed by atoms with E-state index in [1.165, 1.54) is 11.3 Å². The molecular formula is C9H10ClN3S. The largest absolute Gasteiger partial charge is 0.382 e. The summed E-state index contributed by atoms with van der Waals surface area (Å²) in [4.78, 5) is 1.07. The highest BCUT2D eigenvalue weighted by atomic mass is 35.5. The molecule has 14 heavy (non-hydrogen) atoms. The Morgan fingerprint density at radius 1 is 1.50 bits per heavy atom. The van der Waals surface area contributed by atoms with Crippen molar-refractivity contribution in [1.82, 2.24) is 9.78 Å². The van der Waals surface area contributed by atoms with E-state index in [-0.39, 0.29) is 0 Å². The number of anilines is 1. The molecule has 0 saturated heterocycles. The van der Waals surface area contributed by atoms with Gasteiger partial charge in [-0.1, -0.05) is 11.6 Å². The first-order valence-electron chi connectivity index (χ1n) is 4.14. The van der Waals surface area contributed by atoms with E-state index in [0.717, 1.165) is 20.5 Å². The SMILES string of the molecule is Cc1c(-c2ccc(Cl)s2)c(N)nn1C. The van der Waals surface area contributed by atoms with Gasteiger partial charge in [-0.25, -0.2) is 0 Å². The normalized spacial score (nSPS) is 10.8. The molecule has 0 spiro atoms. The van der Waals surface area contributed by atoms with Gasteiger partial charge >= 0.3 is 0 Å².